The Bertz CT molecular complexity index is 824. The Labute approximate surface area is 172 Å². The molecule has 156 valence electrons. The second kappa shape index (κ2) is 10.3. The van der Waals surface area contributed by atoms with Gasteiger partial charge in [0.1, 0.15) is 24.2 Å². The first-order valence-electron chi connectivity index (χ1n) is 10.2. The number of aryl methyl sites for hydroxylation is 1. The number of benzene rings is 2. The molecule has 0 fully saturated rings. The van der Waals surface area contributed by atoms with Crippen molar-refractivity contribution >= 4 is 11.6 Å². The Balaban J connectivity index is 1.88. The summed E-state index contributed by atoms with van der Waals surface area (Å²) in [5, 5.41) is 2.95. The van der Waals surface area contributed by atoms with E-state index in [2.05, 4.69) is 11.4 Å². The molecule has 0 spiro atoms. The summed E-state index contributed by atoms with van der Waals surface area (Å²) < 4.78 is 17.4. The summed E-state index contributed by atoms with van der Waals surface area (Å²) >= 11 is 0. The van der Waals surface area contributed by atoms with Gasteiger partial charge in [-0.1, -0.05) is 25.1 Å². The Hall–Kier alpha value is -2.57. The Morgan fingerprint density at radius 3 is 2.83 bits per heavy atom. The third-order valence-electron chi connectivity index (χ3n) is 5.06. The molecule has 0 unspecified atom stereocenters. The highest BCUT2D eigenvalue weighted by molar-refractivity contribution is 5.95. The fourth-order valence-corrected chi connectivity index (χ4v) is 3.34. The third kappa shape index (κ3) is 5.95. The van der Waals surface area contributed by atoms with Crippen molar-refractivity contribution in [2.24, 2.45) is 5.73 Å². The van der Waals surface area contributed by atoms with Crippen LogP contribution in [0.1, 0.15) is 37.3 Å². The fraction of sp³-hybridized carbons (Fsp3) is 0.435. The lowest BCUT2D eigenvalue weighted by Crippen LogP contribution is -2.36. The van der Waals surface area contributed by atoms with Crippen molar-refractivity contribution in [3.05, 3.63) is 53.6 Å². The van der Waals surface area contributed by atoms with E-state index in [0.29, 0.717) is 31.1 Å². The number of rotatable bonds is 4. The predicted octanol–water partition coefficient (Wildman–Crippen LogP) is 3.67. The number of carbonyl (C=O) groups is 1. The number of anilines is 1. The topological polar surface area (TPSA) is 82.8 Å². The van der Waals surface area contributed by atoms with Crippen molar-refractivity contribution in [2.45, 2.75) is 51.4 Å². The van der Waals surface area contributed by atoms with Crippen LogP contribution < -0.4 is 20.5 Å². The highest BCUT2D eigenvalue weighted by atomic mass is 16.5. The molecule has 1 aliphatic rings. The minimum absolute atomic E-state index is 0.0860. The number of ether oxygens (including phenoxy) is 3. The second-order valence-corrected chi connectivity index (χ2v) is 7.33. The van der Waals surface area contributed by atoms with Crippen molar-refractivity contribution in [3.8, 4) is 11.5 Å². The number of methoxy groups -OCH3 is 1. The smallest absolute Gasteiger partial charge is 0.253 e. The minimum atomic E-state index is -0.596. The molecule has 0 saturated heterocycles. The highest BCUT2D eigenvalue weighted by Crippen LogP contribution is 2.27. The van der Waals surface area contributed by atoms with Crippen LogP contribution in [0, 0.1) is 0 Å². The SMILES string of the molecule is CC[C@@H](N)C[C@H]1OCCCc2cc(cc(OC)c2)COc2ccccc2NC1=O. The van der Waals surface area contributed by atoms with Gasteiger partial charge < -0.3 is 25.3 Å². The van der Waals surface area contributed by atoms with E-state index >= 15 is 0 Å². The summed E-state index contributed by atoms with van der Waals surface area (Å²) in [4.78, 5) is 12.9. The molecular formula is C23H30N2O4. The number of hydrogen-bond acceptors (Lipinski definition) is 5. The molecular weight excluding hydrogens is 368 g/mol. The van der Waals surface area contributed by atoms with Gasteiger partial charge >= 0.3 is 0 Å². The van der Waals surface area contributed by atoms with Crippen LogP contribution in [-0.4, -0.2) is 31.8 Å². The van der Waals surface area contributed by atoms with Gasteiger partial charge in [0.2, 0.25) is 0 Å². The summed E-state index contributed by atoms with van der Waals surface area (Å²) in [6.07, 6.45) is 2.31. The molecule has 2 aromatic rings. The van der Waals surface area contributed by atoms with Crippen molar-refractivity contribution in [2.75, 3.05) is 19.0 Å². The first-order valence-corrected chi connectivity index (χ1v) is 10.2. The van der Waals surface area contributed by atoms with Gasteiger partial charge in [0.15, 0.2) is 0 Å². The lowest BCUT2D eigenvalue weighted by Gasteiger charge is -2.22. The summed E-state index contributed by atoms with van der Waals surface area (Å²) in [6.45, 7) is 2.88. The zero-order valence-corrected chi connectivity index (χ0v) is 17.1. The van der Waals surface area contributed by atoms with Gasteiger partial charge in [-0.25, -0.2) is 0 Å². The Morgan fingerprint density at radius 1 is 1.24 bits per heavy atom. The molecule has 1 heterocycles. The normalized spacial score (nSPS) is 18.6. The van der Waals surface area contributed by atoms with Crippen LogP contribution >= 0.6 is 0 Å². The molecule has 0 aromatic heterocycles. The standard InChI is InChI=1S/C23H30N2O4/c1-3-18(24)14-22-23(26)25-20-8-4-5-9-21(20)29-15-17-11-16(7-6-10-28-22)12-19(13-17)27-2/h4-5,8-9,11-13,18,22H,3,6-7,10,14-15,24H2,1-2H3,(H,25,26)/t18-,22-/m1/s1. The van der Waals surface area contributed by atoms with Crippen molar-refractivity contribution in [1.82, 2.24) is 0 Å². The van der Waals surface area contributed by atoms with Gasteiger partial charge in [0.25, 0.3) is 5.91 Å². The molecule has 1 aliphatic heterocycles. The van der Waals surface area contributed by atoms with Gasteiger partial charge in [-0.2, -0.15) is 0 Å². The van der Waals surface area contributed by atoms with Crippen molar-refractivity contribution < 1.29 is 19.0 Å². The molecule has 29 heavy (non-hydrogen) atoms. The van der Waals surface area contributed by atoms with E-state index in [9.17, 15) is 4.79 Å². The molecule has 6 nitrogen and oxygen atoms in total. The van der Waals surface area contributed by atoms with Gasteiger partial charge in [-0.05, 0) is 61.1 Å². The zero-order chi connectivity index (χ0) is 20.6. The maximum absolute atomic E-state index is 12.9. The van der Waals surface area contributed by atoms with Crippen LogP contribution in [0.3, 0.4) is 0 Å². The maximum atomic E-state index is 12.9. The summed E-state index contributed by atoms with van der Waals surface area (Å²) in [7, 11) is 1.66. The number of hydrogen-bond donors (Lipinski definition) is 2. The number of amides is 1. The first kappa shape index (κ1) is 21.1. The van der Waals surface area contributed by atoms with Crippen LogP contribution in [0.2, 0.25) is 0 Å². The average Bonchev–Trinajstić information content (AvgIpc) is 2.74. The monoisotopic (exact) mass is 398 g/mol. The maximum Gasteiger partial charge on any atom is 0.253 e. The average molecular weight is 399 g/mol. The minimum Gasteiger partial charge on any atom is -0.497 e. The van der Waals surface area contributed by atoms with Crippen LogP contribution in [0.5, 0.6) is 11.5 Å². The number of nitrogens with two attached hydrogens (primary N) is 1. The highest BCUT2D eigenvalue weighted by Gasteiger charge is 2.23. The van der Waals surface area contributed by atoms with Crippen LogP contribution in [-0.2, 0) is 22.6 Å². The molecule has 1 amide bonds. The second-order valence-electron chi connectivity index (χ2n) is 7.33. The van der Waals surface area contributed by atoms with E-state index in [1.807, 2.05) is 43.3 Å². The van der Waals surface area contributed by atoms with Gasteiger partial charge in [0, 0.05) is 12.6 Å². The number of fused-ring (bicyclic) bond motifs is 3. The molecule has 6 heteroatoms. The molecule has 0 radical (unpaired) electrons. The molecule has 0 saturated carbocycles. The fourth-order valence-electron chi connectivity index (χ4n) is 3.34. The molecule has 3 N–H and O–H groups in total. The summed E-state index contributed by atoms with van der Waals surface area (Å²) in [5.41, 5.74) is 8.89. The van der Waals surface area contributed by atoms with E-state index in [1.165, 1.54) is 0 Å². The van der Waals surface area contributed by atoms with E-state index in [0.717, 1.165) is 36.1 Å². The third-order valence-corrected chi connectivity index (χ3v) is 5.06. The largest absolute Gasteiger partial charge is 0.497 e. The number of carbonyl (C=O) groups excluding carboxylic acids is 1. The molecule has 3 rings (SSSR count). The summed E-state index contributed by atoms with van der Waals surface area (Å²) in [6, 6.07) is 13.4. The Kier molecular flexibility index (Phi) is 7.49. The number of nitrogens with one attached hydrogen (secondary N) is 1. The van der Waals surface area contributed by atoms with Crippen molar-refractivity contribution in [3.63, 3.8) is 0 Å². The van der Waals surface area contributed by atoms with Crippen LogP contribution in [0.4, 0.5) is 5.69 Å². The molecule has 2 bridgehead atoms. The first-order chi connectivity index (χ1) is 14.1. The lowest BCUT2D eigenvalue weighted by molar-refractivity contribution is -0.128. The van der Waals surface area contributed by atoms with Gasteiger partial charge in [-0.15, -0.1) is 0 Å². The zero-order valence-electron chi connectivity index (χ0n) is 17.1. The molecule has 2 aromatic carbocycles. The van der Waals surface area contributed by atoms with Crippen molar-refractivity contribution in [1.29, 1.82) is 0 Å². The Morgan fingerprint density at radius 2 is 2.03 bits per heavy atom. The van der Waals surface area contributed by atoms with Gasteiger partial charge in [-0.3, -0.25) is 4.79 Å². The van der Waals surface area contributed by atoms with Gasteiger partial charge in [0.05, 0.1) is 12.8 Å². The molecule has 2 atom stereocenters. The van der Waals surface area contributed by atoms with E-state index in [4.69, 9.17) is 19.9 Å². The summed E-state index contributed by atoms with van der Waals surface area (Å²) in [5.74, 6) is 1.23. The molecule has 0 aliphatic carbocycles. The van der Waals surface area contributed by atoms with E-state index < -0.39 is 6.10 Å². The van der Waals surface area contributed by atoms with Crippen LogP contribution in [0.25, 0.3) is 0 Å². The van der Waals surface area contributed by atoms with E-state index in [1.54, 1.807) is 7.11 Å². The lowest BCUT2D eigenvalue weighted by atomic mass is 10.1. The quantitative estimate of drug-likeness (QED) is 0.821. The van der Waals surface area contributed by atoms with E-state index in [-0.39, 0.29) is 11.9 Å². The predicted molar refractivity (Wildman–Crippen MR) is 113 cm³/mol. The van der Waals surface area contributed by atoms with Crippen LogP contribution in [0.15, 0.2) is 42.5 Å². The number of para-hydroxylation sites is 2.